The van der Waals surface area contributed by atoms with E-state index in [9.17, 15) is 5.11 Å². The monoisotopic (exact) mass is 263 g/mol. The van der Waals surface area contributed by atoms with Crippen LogP contribution in [0.2, 0.25) is 0 Å². The van der Waals surface area contributed by atoms with Crippen molar-refractivity contribution in [2.45, 2.75) is 47.0 Å². The molecule has 1 aromatic carbocycles. The molecule has 108 valence electrons. The van der Waals surface area contributed by atoms with E-state index in [-0.39, 0.29) is 12.0 Å². The Morgan fingerprint density at radius 2 is 1.84 bits per heavy atom. The van der Waals surface area contributed by atoms with E-state index in [4.69, 9.17) is 0 Å². The predicted octanol–water partition coefficient (Wildman–Crippen LogP) is 3.97. The summed E-state index contributed by atoms with van der Waals surface area (Å²) in [4.78, 5) is 0. The molecule has 0 saturated carbocycles. The molecule has 0 aliphatic heterocycles. The van der Waals surface area contributed by atoms with Crippen molar-refractivity contribution >= 4 is 5.69 Å². The molecule has 0 bridgehead atoms. The number of hydrogen-bond acceptors (Lipinski definition) is 2. The summed E-state index contributed by atoms with van der Waals surface area (Å²) in [5.74, 6) is 0.793. The van der Waals surface area contributed by atoms with Gasteiger partial charge in [-0.05, 0) is 35.4 Å². The first-order valence-corrected chi connectivity index (χ1v) is 7.21. The van der Waals surface area contributed by atoms with Crippen molar-refractivity contribution in [3.63, 3.8) is 0 Å². The highest BCUT2D eigenvalue weighted by molar-refractivity contribution is 5.53. The first kappa shape index (κ1) is 16.0. The zero-order valence-corrected chi connectivity index (χ0v) is 13.2. The summed E-state index contributed by atoms with van der Waals surface area (Å²) in [5.41, 5.74) is 3.95. The summed E-state index contributed by atoms with van der Waals surface area (Å²) in [7, 11) is 0. The quantitative estimate of drug-likeness (QED) is 0.842. The molecule has 1 unspecified atom stereocenters. The van der Waals surface area contributed by atoms with Gasteiger partial charge in [-0.1, -0.05) is 46.8 Å². The zero-order chi connectivity index (χ0) is 14.6. The van der Waals surface area contributed by atoms with Gasteiger partial charge in [0.1, 0.15) is 0 Å². The molecule has 1 rings (SSSR count). The van der Waals surface area contributed by atoms with Crippen LogP contribution in [-0.4, -0.2) is 18.3 Å². The topological polar surface area (TPSA) is 32.3 Å². The van der Waals surface area contributed by atoms with Crippen LogP contribution < -0.4 is 5.32 Å². The first-order chi connectivity index (χ1) is 8.75. The zero-order valence-electron chi connectivity index (χ0n) is 13.2. The molecule has 0 spiro atoms. The van der Waals surface area contributed by atoms with Crippen molar-refractivity contribution in [1.29, 1.82) is 0 Å². The second-order valence-corrected chi connectivity index (χ2v) is 6.85. The number of rotatable bonds is 5. The minimum atomic E-state index is 0.165. The maximum atomic E-state index is 9.39. The van der Waals surface area contributed by atoms with E-state index in [1.807, 2.05) is 0 Å². The number of aryl methyl sites for hydroxylation is 1. The molecule has 0 aliphatic carbocycles. The Bertz CT molecular complexity index is 404. The molecular formula is C17H29NO. The lowest BCUT2D eigenvalue weighted by Crippen LogP contribution is -2.23. The highest BCUT2D eigenvalue weighted by Gasteiger charge is 2.16. The third-order valence-electron chi connectivity index (χ3n) is 3.84. The Kier molecular flexibility index (Phi) is 5.42. The van der Waals surface area contributed by atoms with Gasteiger partial charge in [0.25, 0.3) is 0 Å². The number of aliphatic hydroxyl groups excluding tert-OH is 1. The van der Waals surface area contributed by atoms with Crippen molar-refractivity contribution in [2.24, 2.45) is 11.8 Å². The lowest BCUT2D eigenvalue weighted by molar-refractivity contribution is 0.198. The Labute approximate surface area is 118 Å². The molecule has 2 heteroatoms. The second kappa shape index (κ2) is 6.42. The average Bonchev–Trinajstić information content (AvgIpc) is 2.30. The van der Waals surface area contributed by atoms with E-state index in [1.165, 1.54) is 16.8 Å². The van der Waals surface area contributed by atoms with Crippen LogP contribution in [0.4, 0.5) is 5.69 Å². The molecule has 2 N–H and O–H groups in total. The Balaban J connectivity index is 2.83. The fourth-order valence-corrected chi connectivity index (χ4v) is 2.03. The van der Waals surface area contributed by atoms with Crippen LogP contribution in [0.3, 0.4) is 0 Å². The normalized spacial score (nSPS) is 13.7. The maximum absolute atomic E-state index is 9.39. The van der Waals surface area contributed by atoms with Crippen LogP contribution in [0.15, 0.2) is 18.2 Å². The number of nitrogens with one attached hydrogen (secondary N) is 1. The molecule has 0 aliphatic rings. The summed E-state index contributed by atoms with van der Waals surface area (Å²) in [6, 6.07) is 6.61. The fourth-order valence-electron chi connectivity index (χ4n) is 2.03. The van der Waals surface area contributed by atoms with E-state index in [0.717, 1.165) is 6.54 Å². The summed E-state index contributed by atoms with van der Waals surface area (Å²) >= 11 is 0. The average molecular weight is 263 g/mol. The third kappa shape index (κ3) is 4.54. The van der Waals surface area contributed by atoms with Crippen LogP contribution in [0.5, 0.6) is 0 Å². The lowest BCUT2D eigenvalue weighted by Gasteiger charge is -2.23. The van der Waals surface area contributed by atoms with Gasteiger partial charge in [-0.3, -0.25) is 0 Å². The molecule has 2 nitrogen and oxygen atoms in total. The Hall–Kier alpha value is -1.02. The molecule has 0 fully saturated rings. The fraction of sp³-hybridized carbons (Fsp3) is 0.647. The number of hydrogen-bond donors (Lipinski definition) is 2. The van der Waals surface area contributed by atoms with E-state index in [2.05, 4.69) is 65.1 Å². The summed E-state index contributed by atoms with van der Waals surface area (Å²) < 4.78 is 0. The smallest absolute Gasteiger partial charge is 0.0478 e. The van der Waals surface area contributed by atoms with Crippen molar-refractivity contribution in [3.8, 4) is 0 Å². The van der Waals surface area contributed by atoms with Gasteiger partial charge in [0.2, 0.25) is 0 Å². The molecule has 0 aromatic heterocycles. The van der Waals surface area contributed by atoms with Crippen molar-refractivity contribution in [1.82, 2.24) is 0 Å². The number of aliphatic hydroxyl groups is 1. The SMILES string of the molecule is Cc1ccc(C(C)(C)C)cc1NCC(CO)C(C)C. The minimum Gasteiger partial charge on any atom is -0.396 e. The van der Waals surface area contributed by atoms with Crippen LogP contribution in [0, 0.1) is 18.8 Å². The molecule has 1 atom stereocenters. The van der Waals surface area contributed by atoms with Crippen molar-refractivity contribution in [3.05, 3.63) is 29.3 Å². The summed E-state index contributed by atoms with van der Waals surface area (Å²) in [6.45, 7) is 14.2. The van der Waals surface area contributed by atoms with Crippen LogP contribution >= 0.6 is 0 Å². The highest BCUT2D eigenvalue weighted by atomic mass is 16.3. The Morgan fingerprint density at radius 1 is 1.21 bits per heavy atom. The third-order valence-corrected chi connectivity index (χ3v) is 3.84. The maximum Gasteiger partial charge on any atom is 0.0478 e. The lowest BCUT2D eigenvalue weighted by atomic mass is 9.86. The minimum absolute atomic E-state index is 0.165. The molecule has 0 radical (unpaired) electrons. The van der Waals surface area contributed by atoms with Gasteiger partial charge in [-0.25, -0.2) is 0 Å². The first-order valence-electron chi connectivity index (χ1n) is 7.21. The van der Waals surface area contributed by atoms with E-state index >= 15 is 0 Å². The number of benzene rings is 1. The van der Waals surface area contributed by atoms with Crippen molar-refractivity contribution in [2.75, 3.05) is 18.5 Å². The molecule has 0 saturated heterocycles. The Morgan fingerprint density at radius 3 is 2.32 bits per heavy atom. The van der Waals surface area contributed by atoms with Gasteiger partial charge >= 0.3 is 0 Å². The van der Waals surface area contributed by atoms with Crippen LogP contribution in [0.25, 0.3) is 0 Å². The van der Waals surface area contributed by atoms with Crippen LogP contribution in [-0.2, 0) is 5.41 Å². The van der Waals surface area contributed by atoms with Crippen LogP contribution in [0.1, 0.15) is 45.7 Å². The van der Waals surface area contributed by atoms with Gasteiger partial charge in [0, 0.05) is 24.8 Å². The number of anilines is 1. The van der Waals surface area contributed by atoms with Gasteiger partial charge < -0.3 is 10.4 Å². The van der Waals surface area contributed by atoms with E-state index < -0.39 is 0 Å². The highest BCUT2D eigenvalue weighted by Crippen LogP contribution is 2.27. The van der Waals surface area contributed by atoms with Gasteiger partial charge in [0.05, 0.1) is 0 Å². The standard InChI is InChI=1S/C17H29NO/c1-12(2)14(11-19)10-18-16-9-15(17(4,5)6)8-7-13(16)3/h7-9,12,14,18-19H,10-11H2,1-6H3. The van der Waals surface area contributed by atoms with Gasteiger partial charge in [-0.2, -0.15) is 0 Å². The molecule has 0 heterocycles. The summed E-state index contributed by atoms with van der Waals surface area (Å²) in [6.07, 6.45) is 0. The molecule has 19 heavy (non-hydrogen) atoms. The molecule has 0 amide bonds. The predicted molar refractivity (Wildman–Crippen MR) is 83.8 cm³/mol. The van der Waals surface area contributed by atoms with Crippen molar-refractivity contribution < 1.29 is 5.11 Å². The van der Waals surface area contributed by atoms with Gasteiger partial charge in [0.15, 0.2) is 0 Å². The molecule has 1 aromatic rings. The molecular weight excluding hydrogens is 234 g/mol. The second-order valence-electron chi connectivity index (χ2n) is 6.85. The largest absolute Gasteiger partial charge is 0.396 e. The van der Waals surface area contributed by atoms with E-state index in [0.29, 0.717) is 11.8 Å². The van der Waals surface area contributed by atoms with E-state index in [1.54, 1.807) is 0 Å². The van der Waals surface area contributed by atoms with Gasteiger partial charge in [-0.15, -0.1) is 0 Å². The summed E-state index contributed by atoms with van der Waals surface area (Å²) in [5, 5.41) is 12.9.